The predicted molar refractivity (Wildman–Crippen MR) is 64.0 cm³/mol. The second-order valence-electron chi connectivity index (χ2n) is 3.47. The van der Waals surface area contributed by atoms with Crippen LogP contribution in [0.25, 0.3) is 0 Å². The summed E-state index contributed by atoms with van der Waals surface area (Å²) in [5.74, 6) is 0.900. The number of allylic oxidation sites excluding steroid dienone is 1. The SMILES string of the molecule is C=CCCC(N)c1ccc(OCC)cc1. The first-order chi connectivity index (χ1) is 7.27. The lowest BCUT2D eigenvalue weighted by atomic mass is 10.0. The number of benzene rings is 1. The van der Waals surface area contributed by atoms with Crippen molar-refractivity contribution in [1.82, 2.24) is 0 Å². The van der Waals surface area contributed by atoms with Gasteiger partial charge in [0.2, 0.25) is 0 Å². The van der Waals surface area contributed by atoms with Gasteiger partial charge in [0.25, 0.3) is 0 Å². The molecule has 0 bridgehead atoms. The summed E-state index contributed by atoms with van der Waals surface area (Å²) in [6.45, 7) is 6.36. The Balaban J connectivity index is 2.58. The van der Waals surface area contributed by atoms with Crippen LogP contribution in [0.15, 0.2) is 36.9 Å². The van der Waals surface area contributed by atoms with Gasteiger partial charge < -0.3 is 10.5 Å². The Hall–Kier alpha value is -1.28. The van der Waals surface area contributed by atoms with E-state index in [0.717, 1.165) is 24.2 Å². The van der Waals surface area contributed by atoms with Gasteiger partial charge in [-0.25, -0.2) is 0 Å². The molecule has 0 fully saturated rings. The van der Waals surface area contributed by atoms with Gasteiger partial charge in [0.15, 0.2) is 0 Å². The molecule has 1 atom stereocenters. The van der Waals surface area contributed by atoms with Gasteiger partial charge in [0.1, 0.15) is 5.75 Å². The molecular weight excluding hydrogens is 186 g/mol. The Kier molecular flexibility index (Phi) is 4.91. The van der Waals surface area contributed by atoms with Crippen LogP contribution in [0.2, 0.25) is 0 Å². The quantitative estimate of drug-likeness (QED) is 0.724. The van der Waals surface area contributed by atoms with E-state index in [1.807, 2.05) is 37.3 Å². The molecule has 0 saturated carbocycles. The fraction of sp³-hybridized carbons (Fsp3) is 0.385. The maximum absolute atomic E-state index is 6.02. The summed E-state index contributed by atoms with van der Waals surface area (Å²) in [5, 5.41) is 0. The molecule has 2 heteroatoms. The topological polar surface area (TPSA) is 35.2 Å². The Morgan fingerprint density at radius 1 is 1.40 bits per heavy atom. The summed E-state index contributed by atoms with van der Waals surface area (Å²) in [6, 6.07) is 8.08. The van der Waals surface area contributed by atoms with Crippen molar-refractivity contribution in [3.8, 4) is 5.75 Å². The van der Waals surface area contributed by atoms with Gasteiger partial charge in [-0.05, 0) is 37.5 Å². The first kappa shape index (κ1) is 11.8. The van der Waals surface area contributed by atoms with Crippen LogP contribution in [0.3, 0.4) is 0 Å². The lowest BCUT2D eigenvalue weighted by molar-refractivity contribution is 0.340. The molecule has 82 valence electrons. The second-order valence-corrected chi connectivity index (χ2v) is 3.47. The molecular formula is C13H19NO. The molecule has 2 nitrogen and oxygen atoms in total. The zero-order valence-corrected chi connectivity index (χ0v) is 9.28. The Morgan fingerprint density at radius 2 is 2.07 bits per heavy atom. The van der Waals surface area contributed by atoms with Gasteiger partial charge in [0, 0.05) is 6.04 Å². The second kappa shape index (κ2) is 6.25. The number of hydrogen-bond donors (Lipinski definition) is 1. The number of ether oxygens (including phenoxy) is 1. The van der Waals surface area contributed by atoms with E-state index in [0.29, 0.717) is 6.61 Å². The fourth-order valence-electron chi connectivity index (χ4n) is 1.44. The first-order valence-electron chi connectivity index (χ1n) is 5.37. The molecule has 1 aromatic carbocycles. The largest absolute Gasteiger partial charge is 0.494 e. The highest BCUT2D eigenvalue weighted by Crippen LogP contribution is 2.19. The van der Waals surface area contributed by atoms with Gasteiger partial charge >= 0.3 is 0 Å². The molecule has 0 amide bonds. The molecule has 0 saturated heterocycles. The standard InChI is InChI=1S/C13H19NO/c1-3-5-6-13(14)11-7-9-12(10-8-11)15-4-2/h3,7-10,13H,1,4-6,14H2,2H3. The van der Waals surface area contributed by atoms with Crippen LogP contribution >= 0.6 is 0 Å². The molecule has 0 aliphatic carbocycles. The van der Waals surface area contributed by atoms with E-state index in [1.54, 1.807) is 0 Å². The molecule has 0 spiro atoms. The van der Waals surface area contributed by atoms with E-state index < -0.39 is 0 Å². The Morgan fingerprint density at radius 3 is 2.60 bits per heavy atom. The van der Waals surface area contributed by atoms with Gasteiger partial charge in [0.05, 0.1) is 6.61 Å². The monoisotopic (exact) mass is 205 g/mol. The van der Waals surface area contributed by atoms with Crippen LogP contribution in [0.4, 0.5) is 0 Å². The predicted octanol–water partition coefficient (Wildman–Crippen LogP) is 3.05. The molecule has 1 unspecified atom stereocenters. The minimum atomic E-state index is 0.0960. The molecule has 0 heterocycles. The van der Waals surface area contributed by atoms with Crippen molar-refractivity contribution in [2.75, 3.05) is 6.61 Å². The number of nitrogens with two attached hydrogens (primary N) is 1. The smallest absolute Gasteiger partial charge is 0.119 e. The van der Waals surface area contributed by atoms with Crippen LogP contribution in [0.5, 0.6) is 5.75 Å². The summed E-state index contributed by atoms with van der Waals surface area (Å²) in [6.07, 6.45) is 3.79. The van der Waals surface area contributed by atoms with Crippen molar-refractivity contribution in [3.05, 3.63) is 42.5 Å². The summed E-state index contributed by atoms with van der Waals surface area (Å²) in [7, 11) is 0. The van der Waals surface area contributed by atoms with Gasteiger partial charge in [-0.3, -0.25) is 0 Å². The van der Waals surface area contributed by atoms with E-state index >= 15 is 0 Å². The molecule has 1 rings (SSSR count). The van der Waals surface area contributed by atoms with Crippen molar-refractivity contribution < 1.29 is 4.74 Å². The molecule has 0 aromatic heterocycles. The molecule has 2 N–H and O–H groups in total. The third-order valence-electron chi connectivity index (χ3n) is 2.30. The lowest BCUT2D eigenvalue weighted by Crippen LogP contribution is -2.09. The van der Waals surface area contributed by atoms with E-state index in [4.69, 9.17) is 10.5 Å². The third-order valence-corrected chi connectivity index (χ3v) is 2.30. The maximum Gasteiger partial charge on any atom is 0.119 e. The van der Waals surface area contributed by atoms with Crippen LogP contribution in [-0.2, 0) is 0 Å². The molecule has 1 aromatic rings. The average molecular weight is 205 g/mol. The molecule has 0 aliphatic rings. The van der Waals surface area contributed by atoms with Gasteiger partial charge in [-0.2, -0.15) is 0 Å². The summed E-state index contributed by atoms with van der Waals surface area (Å²) in [5.41, 5.74) is 7.17. The van der Waals surface area contributed by atoms with E-state index in [2.05, 4.69) is 6.58 Å². The summed E-state index contributed by atoms with van der Waals surface area (Å²) in [4.78, 5) is 0. The van der Waals surface area contributed by atoms with Crippen LogP contribution in [0.1, 0.15) is 31.4 Å². The fourth-order valence-corrected chi connectivity index (χ4v) is 1.44. The Labute approximate surface area is 91.7 Å². The zero-order valence-electron chi connectivity index (χ0n) is 9.28. The number of rotatable bonds is 6. The Bertz CT molecular complexity index is 292. The highest BCUT2D eigenvalue weighted by molar-refractivity contribution is 5.29. The highest BCUT2D eigenvalue weighted by atomic mass is 16.5. The minimum Gasteiger partial charge on any atom is -0.494 e. The third kappa shape index (κ3) is 3.76. The summed E-state index contributed by atoms with van der Waals surface area (Å²) < 4.78 is 5.36. The van der Waals surface area contributed by atoms with Crippen molar-refractivity contribution in [1.29, 1.82) is 0 Å². The van der Waals surface area contributed by atoms with E-state index in [9.17, 15) is 0 Å². The lowest BCUT2D eigenvalue weighted by Gasteiger charge is -2.11. The van der Waals surface area contributed by atoms with Crippen molar-refractivity contribution in [2.24, 2.45) is 5.73 Å². The van der Waals surface area contributed by atoms with Gasteiger partial charge in [-0.1, -0.05) is 18.2 Å². The van der Waals surface area contributed by atoms with Gasteiger partial charge in [-0.15, -0.1) is 6.58 Å². The van der Waals surface area contributed by atoms with Crippen molar-refractivity contribution in [2.45, 2.75) is 25.8 Å². The highest BCUT2D eigenvalue weighted by Gasteiger charge is 2.04. The normalized spacial score (nSPS) is 12.1. The maximum atomic E-state index is 6.02. The summed E-state index contributed by atoms with van der Waals surface area (Å²) >= 11 is 0. The van der Waals surface area contributed by atoms with Crippen molar-refractivity contribution >= 4 is 0 Å². The molecule has 0 aliphatic heterocycles. The average Bonchev–Trinajstić information content (AvgIpc) is 2.27. The van der Waals surface area contributed by atoms with Crippen LogP contribution < -0.4 is 10.5 Å². The number of hydrogen-bond acceptors (Lipinski definition) is 2. The minimum absolute atomic E-state index is 0.0960. The molecule has 0 radical (unpaired) electrons. The van der Waals surface area contributed by atoms with E-state index in [-0.39, 0.29) is 6.04 Å². The van der Waals surface area contributed by atoms with Crippen LogP contribution in [-0.4, -0.2) is 6.61 Å². The molecule has 15 heavy (non-hydrogen) atoms. The zero-order chi connectivity index (χ0) is 11.1. The van der Waals surface area contributed by atoms with Crippen molar-refractivity contribution in [3.63, 3.8) is 0 Å². The van der Waals surface area contributed by atoms with E-state index in [1.165, 1.54) is 0 Å². The first-order valence-corrected chi connectivity index (χ1v) is 5.37. The van der Waals surface area contributed by atoms with Crippen LogP contribution in [0, 0.1) is 0 Å².